The molecule has 0 aliphatic heterocycles. The highest BCUT2D eigenvalue weighted by molar-refractivity contribution is 5.92. The van der Waals surface area contributed by atoms with Crippen molar-refractivity contribution in [2.45, 2.75) is 13.0 Å². The Hall–Kier alpha value is -1.39. The predicted octanol–water partition coefficient (Wildman–Crippen LogP) is 0.566. The Morgan fingerprint density at radius 3 is 2.44 bits per heavy atom. The van der Waals surface area contributed by atoms with Crippen LogP contribution in [0.4, 0.5) is 0 Å². The molecule has 88 valence electrons. The van der Waals surface area contributed by atoms with Crippen molar-refractivity contribution in [2.75, 3.05) is 20.1 Å². The molecule has 0 bridgehead atoms. The van der Waals surface area contributed by atoms with Gasteiger partial charge in [-0.25, -0.2) is 0 Å². The summed E-state index contributed by atoms with van der Waals surface area (Å²) in [5, 5.41) is 0. The molecule has 0 radical (unpaired) electrons. The number of nitrogens with two attached hydrogens (primary N) is 2. The van der Waals surface area contributed by atoms with Gasteiger partial charge in [-0.1, -0.05) is 12.1 Å². The van der Waals surface area contributed by atoms with Gasteiger partial charge in [0.15, 0.2) is 0 Å². The molecule has 0 aromatic heterocycles. The van der Waals surface area contributed by atoms with E-state index >= 15 is 0 Å². The van der Waals surface area contributed by atoms with Crippen LogP contribution >= 0.6 is 0 Å². The third kappa shape index (κ3) is 4.00. The maximum atomic E-state index is 10.9. The quantitative estimate of drug-likeness (QED) is 0.737. The highest BCUT2D eigenvalue weighted by Crippen LogP contribution is 2.06. The average molecular weight is 221 g/mol. The normalized spacial score (nSPS) is 10.7. The van der Waals surface area contributed by atoms with Crippen molar-refractivity contribution in [3.63, 3.8) is 0 Å². The van der Waals surface area contributed by atoms with Crippen molar-refractivity contribution in [1.29, 1.82) is 0 Å². The molecule has 0 aliphatic rings. The molecule has 16 heavy (non-hydrogen) atoms. The third-order valence-corrected chi connectivity index (χ3v) is 2.43. The molecule has 0 fully saturated rings. The Morgan fingerprint density at radius 1 is 1.31 bits per heavy atom. The summed E-state index contributed by atoms with van der Waals surface area (Å²) in [6.45, 7) is 2.55. The number of hydrogen-bond acceptors (Lipinski definition) is 3. The van der Waals surface area contributed by atoms with Gasteiger partial charge in [-0.2, -0.15) is 0 Å². The van der Waals surface area contributed by atoms with Gasteiger partial charge in [0, 0.05) is 12.1 Å². The minimum absolute atomic E-state index is 0.386. The third-order valence-electron chi connectivity index (χ3n) is 2.43. The molecule has 0 saturated carbocycles. The van der Waals surface area contributed by atoms with Crippen LogP contribution in [0.15, 0.2) is 24.3 Å². The van der Waals surface area contributed by atoms with Crippen LogP contribution in [0.5, 0.6) is 0 Å². The Kier molecular flexibility index (Phi) is 4.95. The fourth-order valence-electron chi connectivity index (χ4n) is 1.53. The highest BCUT2D eigenvalue weighted by atomic mass is 16.1. The van der Waals surface area contributed by atoms with E-state index in [0.717, 1.165) is 19.5 Å². The number of carbonyl (C=O) groups excluding carboxylic acids is 1. The summed E-state index contributed by atoms with van der Waals surface area (Å²) in [5.41, 5.74) is 12.3. The van der Waals surface area contributed by atoms with Crippen molar-refractivity contribution in [3.8, 4) is 0 Å². The maximum Gasteiger partial charge on any atom is 0.248 e. The molecule has 4 heteroatoms. The zero-order valence-electron chi connectivity index (χ0n) is 9.65. The average Bonchev–Trinajstić information content (AvgIpc) is 2.27. The summed E-state index contributed by atoms with van der Waals surface area (Å²) in [5.74, 6) is -0.386. The van der Waals surface area contributed by atoms with Gasteiger partial charge >= 0.3 is 0 Å². The zero-order valence-corrected chi connectivity index (χ0v) is 9.65. The van der Waals surface area contributed by atoms with E-state index in [0.29, 0.717) is 12.1 Å². The summed E-state index contributed by atoms with van der Waals surface area (Å²) >= 11 is 0. The molecule has 0 saturated heterocycles. The second-order valence-corrected chi connectivity index (χ2v) is 3.94. The van der Waals surface area contributed by atoms with Gasteiger partial charge in [0.25, 0.3) is 0 Å². The van der Waals surface area contributed by atoms with Crippen LogP contribution in [0.25, 0.3) is 0 Å². The van der Waals surface area contributed by atoms with Crippen LogP contribution in [-0.2, 0) is 6.54 Å². The smallest absolute Gasteiger partial charge is 0.248 e. The molecule has 1 aromatic rings. The minimum Gasteiger partial charge on any atom is -0.366 e. The largest absolute Gasteiger partial charge is 0.366 e. The van der Waals surface area contributed by atoms with Crippen LogP contribution < -0.4 is 11.5 Å². The first-order valence-corrected chi connectivity index (χ1v) is 5.41. The van der Waals surface area contributed by atoms with Gasteiger partial charge in [0.1, 0.15) is 0 Å². The maximum absolute atomic E-state index is 10.9. The number of hydrogen-bond donors (Lipinski definition) is 2. The number of benzene rings is 1. The summed E-state index contributed by atoms with van der Waals surface area (Å²) in [4.78, 5) is 13.1. The van der Waals surface area contributed by atoms with Gasteiger partial charge < -0.3 is 16.4 Å². The van der Waals surface area contributed by atoms with Gasteiger partial charge in [-0.3, -0.25) is 4.79 Å². The summed E-state index contributed by atoms with van der Waals surface area (Å²) in [7, 11) is 2.05. The van der Waals surface area contributed by atoms with Gasteiger partial charge in [-0.05, 0) is 44.3 Å². The van der Waals surface area contributed by atoms with E-state index in [2.05, 4.69) is 11.9 Å². The number of rotatable bonds is 6. The Bertz CT molecular complexity index is 335. The molecular weight excluding hydrogens is 202 g/mol. The van der Waals surface area contributed by atoms with Crippen LogP contribution in [0.1, 0.15) is 22.3 Å². The van der Waals surface area contributed by atoms with Crippen molar-refractivity contribution in [3.05, 3.63) is 35.4 Å². The standard InChI is InChI=1S/C12H19N3O/c1-15(8-2-7-13)9-10-3-5-11(6-4-10)12(14)16/h3-6H,2,7-9,13H2,1H3,(H2,14,16). The molecule has 4 N–H and O–H groups in total. The number of nitrogens with zero attached hydrogens (tertiary/aromatic N) is 1. The Labute approximate surface area is 96.2 Å². The van der Waals surface area contributed by atoms with Gasteiger partial charge in [-0.15, -0.1) is 0 Å². The van der Waals surface area contributed by atoms with E-state index < -0.39 is 0 Å². The Balaban J connectivity index is 2.51. The number of amides is 1. The van der Waals surface area contributed by atoms with Gasteiger partial charge in [0.2, 0.25) is 5.91 Å². The van der Waals surface area contributed by atoms with E-state index in [4.69, 9.17) is 11.5 Å². The monoisotopic (exact) mass is 221 g/mol. The SMILES string of the molecule is CN(CCCN)Cc1ccc(C(N)=O)cc1. The van der Waals surface area contributed by atoms with E-state index in [-0.39, 0.29) is 5.91 Å². The van der Waals surface area contributed by atoms with Crippen LogP contribution in [0.3, 0.4) is 0 Å². The van der Waals surface area contributed by atoms with Crippen molar-refractivity contribution < 1.29 is 4.79 Å². The van der Waals surface area contributed by atoms with Gasteiger partial charge in [0.05, 0.1) is 0 Å². The molecule has 1 rings (SSSR count). The van der Waals surface area contributed by atoms with Crippen LogP contribution in [0, 0.1) is 0 Å². The molecule has 0 heterocycles. The van der Waals surface area contributed by atoms with E-state index in [1.807, 2.05) is 12.1 Å². The number of primary amides is 1. The molecule has 0 spiro atoms. The Morgan fingerprint density at radius 2 is 1.94 bits per heavy atom. The fraction of sp³-hybridized carbons (Fsp3) is 0.417. The molecular formula is C12H19N3O. The van der Waals surface area contributed by atoms with E-state index in [1.54, 1.807) is 12.1 Å². The predicted molar refractivity (Wildman–Crippen MR) is 65.0 cm³/mol. The number of carbonyl (C=O) groups is 1. The molecule has 0 unspecified atom stereocenters. The lowest BCUT2D eigenvalue weighted by atomic mass is 10.1. The molecule has 0 aliphatic carbocycles. The first-order chi connectivity index (χ1) is 7.63. The van der Waals surface area contributed by atoms with Crippen molar-refractivity contribution >= 4 is 5.91 Å². The lowest BCUT2D eigenvalue weighted by Gasteiger charge is -2.16. The van der Waals surface area contributed by atoms with Crippen LogP contribution in [0.2, 0.25) is 0 Å². The summed E-state index contributed by atoms with van der Waals surface area (Å²) < 4.78 is 0. The first kappa shape index (κ1) is 12.7. The lowest BCUT2D eigenvalue weighted by molar-refractivity contribution is 0.100. The van der Waals surface area contributed by atoms with E-state index in [9.17, 15) is 4.79 Å². The second-order valence-electron chi connectivity index (χ2n) is 3.94. The molecule has 0 atom stereocenters. The second kappa shape index (κ2) is 6.25. The first-order valence-electron chi connectivity index (χ1n) is 5.41. The van der Waals surface area contributed by atoms with Crippen molar-refractivity contribution in [1.82, 2.24) is 4.90 Å². The molecule has 1 aromatic carbocycles. The van der Waals surface area contributed by atoms with E-state index in [1.165, 1.54) is 5.56 Å². The topological polar surface area (TPSA) is 72.3 Å². The summed E-state index contributed by atoms with van der Waals surface area (Å²) in [6.07, 6.45) is 0.996. The lowest BCUT2D eigenvalue weighted by Crippen LogP contribution is -2.21. The minimum atomic E-state index is -0.386. The fourth-order valence-corrected chi connectivity index (χ4v) is 1.53. The van der Waals surface area contributed by atoms with Crippen LogP contribution in [-0.4, -0.2) is 30.9 Å². The summed E-state index contributed by atoms with van der Waals surface area (Å²) in [6, 6.07) is 7.38. The highest BCUT2D eigenvalue weighted by Gasteiger charge is 2.02. The van der Waals surface area contributed by atoms with Crippen molar-refractivity contribution in [2.24, 2.45) is 11.5 Å². The zero-order chi connectivity index (χ0) is 12.0. The molecule has 1 amide bonds. The molecule has 4 nitrogen and oxygen atoms in total.